The smallest absolute Gasteiger partial charge is 0.141 e. The fourth-order valence-electron chi connectivity index (χ4n) is 2.50. The van der Waals surface area contributed by atoms with Gasteiger partial charge in [0.2, 0.25) is 0 Å². The third-order valence-electron chi connectivity index (χ3n) is 3.59. The molecule has 96 valence electrons. The van der Waals surface area contributed by atoms with Gasteiger partial charge in [-0.1, -0.05) is 24.3 Å². The predicted molar refractivity (Wildman–Crippen MR) is 80.0 cm³/mol. The van der Waals surface area contributed by atoms with Gasteiger partial charge in [0, 0.05) is 17.8 Å². The summed E-state index contributed by atoms with van der Waals surface area (Å²) in [5.41, 5.74) is 11.2. The molecule has 3 heteroatoms. The Labute approximate surface area is 112 Å². The minimum absolute atomic E-state index is 0.812. The van der Waals surface area contributed by atoms with Crippen molar-refractivity contribution in [3.8, 4) is 11.4 Å². The number of imidazole rings is 1. The maximum Gasteiger partial charge on any atom is 0.141 e. The molecule has 0 saturated heterocycles. The van der Waals surface area contributed by atoms with Crippen molar-refractivity contribution in [2.45, 2.75) is 20.4 Å². The molecule has 0 amide bonds. The molecule has 3 nitrogen and oxygen atoms in total. The summed E-state index contributed by atoms with van der Waals surface area (Å²) in [7, 11) is 0. The van der Waals surface area contributed by atoms with E-state index < -0.39 is 0 Å². The number of fused-ring (bicyclic) bond motifs is 1. The van der Waals surface area contributed by atoms with Crippen LogP contribution < -0.4 is 5.73 Å². The average Bonchev–Trinajstić information content (AvgIpc) is 2.80. The lowest BCUT2D eigenvalue weighted by Crippen LogP contribution is -2.00. The first-order chi connectivity index (χ1) is 9.22. The minimum atomic E-state index is 0.812. The monoisotopic (exact) mass is 251 g/mol. The zero-order valence-corrected chi connectivity index (χ0v) is 11.2. The van der Waals surface area contributed by atoms with Gasteiger partial charge in [0.15, 0.2) is 0 Å². The molecule has 3 aromatic rings. The summed E-state index contributed by atoms with van der Waals surface area (Å²) >= 11 is 0. The highest BCUT2D eigenvalue weighted by molar-refractivity contribution is 5.82. The second-order valence-corrected chi connectivity index (χ2v) is 4.69. The van der Waals surface area contributed by atoms with Crippen molar-refractivity contribution in [2.75, 3.05) is 5.73 Å². The molecule has 0 saturated carbocycles. The lowest BCUT2D eigenvalue weighted by molar-refractivity contribution is 0.796. The average molecular weight is 251 g/mol. The molecule has 3 rings (SSSR count). The topological polar surface area (TPSA) is 43.8 Å². The van der Waals surface area contributed by atoms with Gasteiger partial charge in [-0.05, 0) is 37.6 Å². The van der Waals surface area contributed by atoms with E-state index in [1.54, 1.807) is 0 Å². The summed E-state index contributed by atoms with van der Waals surface area (Å²) in [4.78, 5) is 4.76. The summed E-state index contributed by atoms with van der Waals surface area (Å²) in [5.74, 6) is 0.994. The Morgan fingerprint density at radius 2 is 1.89 bits per heavy atom. The number of anilines is 1. The van der Waals surface area contributed by atoms with E-state index in [0.717, 1.165) is 34.7 Å². The molecule has 0 spiro atoms. The molecule has 0 fully saturated rings. The Morgan fingerprint density at radius 1 is 1.11 bits per heavy atom. The van der Waals surface area contributed by atoms with Crippen LogP contribution in [0.5, 0.6) is 0 Å². The van der Waals surface area contributed by atoms with Crippen LogP contribution in [0.1, 0.15) is 12.5 Å². The quantitative estimate of drug-likeness (QED) is 0.707. The SMILES string of the molecule is CCn1c(-c2cccc(N)c2C)nc2ccccc21. The Morgan fingerprint density at radius 3 is 2.68 bits per heavy atom. The molecule has 19 heavy (non-hydrogen) atoms. The molecule has 0 radical (unpaired) electrons. The standard InChI is InChI=1S/C16H17N3/c1-3-19-15-10-5-4-9-14(15)18-16(19)12-7-6-8-13(17)11(12)2/h4-10H,3,17H2,1-2H3. The molecule has 2 aromatic carbocycles. The normalized spacial score (nSPS) is 11.1. The molecule has 2 N–H and O–H groups in total. The molecule has 0 aliphatic carbocycles. The van der Waals surface area contributed by atoms with Gasteiger partial charge < -0.3 is 10.3 Å². The third kappa shape index (κ3) is 1.78. The number of hydrogen-bond acceptors (Lipinski definition) is 2. The summed E-state index contributed by atoms with van der Waals surface area (Å²) in [6, 6.07) is 14.2. The van der Waals surface area contributed by atoms with Crippen LogP contribution in [0.2, 0.25) is 0 Å². The largest absolute Gasteiger partial charge is 0.398 e. The number of para-hydroxylation sites is 2. The Hall–Kier alpha value is -2.29. The van der Waals surface area contributed by atoms with Crippen molar-refractivity contribution in [1.29, 1.82) is 0 Å². The van der Waals surface area contributed by atoms with E-state index >= 15 is 0 Å². The number of hydrogen-bond donors (Lipinski definition) is 1. The van der Waals surface area contributed by atoms with Gasteiger partial charge in [-0.15, -0.1) is 0 Å². The van der Waals surface area contributed by atoms with Gasteiger partial charge >= 0.3 is 0 Å². The van der Waals surface area contributed by atoms with Crippen molar-refractivity contribution in [3.63, 3.8) is 0 Å². The Bertz CT molecular complexity index is 741. The number of nitrogen functional groups attached to an aromatic ring is 1. The maximum absolute atomic E-state index is 6.01. The lowest BCUT2D eigenvalue weighted by Gasteiger charge is -2.10. The molecule has 1 aromatic heterocycles. The first kappa shape index (κ1) is 11.8. The van der Waals surface area contributed by atoms with Gasteiger partial charge in [0.05, 0.1) is 11.0 Å². The zero-order valence-electron chi connectivity index (χ0n) is 11.2. The van der Waals surface area contributed by atoms with E-state index in [-0.39, 0.29) is 0 Å². The van der Waals surface area contributed by atoms with Gasteiger partial charge in [-0.2, -0.15) is 0 Å². The summed E-state index contributed by atoms with van der Waals surface area (Å²) in [6.07, 6.45) is 0. The highest BCUT2D eigenvalue weighted by atomic mass is 15.1. The van der Waals surface area contributed by atoms with E-state index in [4.69, 9.17) is 10.7 Å². The molecule has 0 atom stereocenters. The number of rotatable bonds is 2. The van der Waals surface area contributed by atoms with Crippen LogP contribution >= 0.6 is 0 Å². The number of nitrogens with zero attached hydrogens (tertiary/aromatic N) is 2. The third-order valence-corrected chi connectivity index (χ3v) is 3.59. The van der Waals surface area contributed by atoms with Crippen molar-refractivity contribution in [2.24, 2.45) is 0 Å². The van der Waals surface area contributed by atoms with E-state index in [1.807, 2.05) is 37.3 Å². The van der Waals surface area contributed by atoms with Gasteiger partial charge in [-0.25, -0.2) is 4.98 Å². The van der Waals surface area contributed by atoms with Crippen molar-refractivity contribution in [1.82, 2.24) is 9.55 Å². The van der Waals surface area contributed by atoms with Crippen molar-refractivity contribution < 1.29 is 0 Å². The summed E-state index contributed by atoms with van der Waals surface area (Å²) in [6.45, 7) is 5.08. The molecular weight excluding hydrogens is 234 g/mol. The number of nitrogens with two attached hydrogens (primary N) is 1. The molecule has 0 aliphatic rings. The number of benzene rings is 2. The van der Waals surface area contributed by atoms with E-state index in [9.17, 15) is 0 Å². The fourth-order valence-corrected chi connectivity index (χ4v) is 2.50. The van der Waals surface area contributed by atoms with E-state index in [0.29, 0.717) is 0 Å². The highest BCUT2D eigenvalue weighted by Gasteiger charge is 2.13. The van der Waals surface area contributed by atoms with Crippen LogP contribution in [0.3, 0.4) is 0 Å². The second kappa shape index (κ2) is 4.43. The maximum atomic E-state index is 6.01. The lowest BCUT2D eigenvalue weighted by atomic mass is 10.1. The van der Waals surface area contributed by atoms with Gasteiger partial charge in [-0.3, -0.25) is 0 Å². The van der Waals surface area contributed by atoms with Crippen LogP contribution in [0.4, 0.5) is 5.69 Å². The fraction of sp³-hybridized carbons (Fsp3) is 0.188. The molecule has 0 aliphatic heterocycles. The van der Waals surface area contributed by atoms with Crippen molar-refractivity contribution >= 4 is 16.7 Å². The van der Waals surface area contributed by atoms with Crippen LogP contribution in [-0.2, 0) is 6.54 Å². The van der Waals surface area contributed by atoms with Crippen LogP contribution in [-0.4, -0.2) is 9.55 Å². The number of aryl methyl sites for hydroxylation is 1. The minimum Gasteiger partial charge on any atom is -0.398 e. The Kier molecular flexibility index (Phi) is 2.75. The van der Waals surface area contributed by atoms with Gasteiger partial charge in [0.1, 0.15) is 5.82 Å². The van der Waals surface area contributed by atoms with E-state index in [2.05, 4.69) is 23.6 Å². The van der Waals surface area contributed by atoms with Crippen LogP contribution in [0, 0.1) is 6.92 Å². The second-order valence-electron chi connectivity index (χ2n) is 4.69. The number of aromatic nitrogens is 2. The molecule has 1 heterocycles. The predicted octanol–water partition coefficient (Wildman–Crippen LogP) is 3.61. The van der Waals surface area contributed by atoms with Crippen LogP contribution in [0.25, 0.3) is 22.4 Å². The van der Waals surface area contributed by atoms with Crippen LogP contribution in [0.15, 0.2) is 42.5 Å². The van der Waals surface area contributed by atoms with Gasteiger partial charge in [0.25, 0.3) is 0 Å². The molecule has 0 unspecified atom stereocenters. The molecular formula is C16H17N3. The zero-order chi connectivity index (χ0) is 13.4. The Balaban J connectivity index is 2.33. The van der Waals surface area contributed by atoms with Crippen molar-refractivity contribution in [3.05, 3.63) is 48.0 Å². The van der Waals surface area contributed by atoms with E-state index in [1.165, 1.54) is 5.52 Å². The summed E-state index contributed by atoms with van der Waals surface area (Å²) in [5, 5.41) is 0. The molecule has 0 bridgehead atoms. The highest BCUT2D eigenvalue weighted by Crippen LogP contribution is 2.29. The first-order valence-corrected chi connectivity index (χ1v) is 6.53. The summed E-state index contributed by atoms with van der Waals surface area (Å²) < 4.78 is 2.23. The first-order valence-electron chi connectivity index (χ1n) is 6.53.